The molecule has 41 heavy (non-hydrogen) atoms. The minimum Gasteiger partial charge on any atom is -0.360 e. The quantitative estimate of drug-likeness (QED) is 0.200. The van der Waals surface area contributed by atoms with Gasteiger partial charge in [-0.1, -0.05) is 17.3 Å². The van der Waals surface area contributed by atoms with E-state index >= 15 is 0 Å². The van der Waals surface area contributed by atoms with Crippen LogP contribution in [0.2, 0.25) is 0 Å². The highest BCUT2D eigenvalue weighted by Crippen LogP contribution is 2.59. The molecule has 2 aromatic heterocycles. The van der Waals surface area contributed by atoms with Gasteiger partial charge in [-0.05, 0) is 62.8 Å². The fourth-order valence-corrected chi connectivity index (χ4v) is 4.17. The minimum absolute atomic E-state index is 0.0145. The molecule has 12 heteroatoms. The van der Waals surface area contributed by atoms with Crippen molar-refractivity contribution in [3.05, 3.63) is 71.4 Å². The molecule has 1 aliphatic rings. The average molecular weight is 572 g/mol. The van der Waals surface area contributed by atoms with Crippen molar-refractivity contribution < 1.29 is 31.7 Å². The third kappa shape index (κ3) is 7.11. The van der Waals surface area contributed by atoms with Crippen molar-refractivity contribution in [2.45, 2.75) is 70.9 Å². The second-order valence-electron chi connectivity index (χ2n) is 9.99. The van der Waals surface area contributed by atoms with Gasteiger partial charge in [0.2, 0.25) is 5.95 Å². The average Bonchev–Trinajstić information content (AvgIpc) is 3.62. The van der Waals surface area contributed by atoms with E-state index in [0.29, 0.717) is 34.8 Å². The monoisotopic (exact) mass is 571 g/mol. The van der Waals surface area contributed by atoms with Gasteiger partial charge in [0.1, 0.15) is 22.8 Å². The number of hydrogen-bond donors (Lipinski definition) is 1. The predicted molar refractivity (Wildman–Crippen MR) is 144 cm³/mol. The Balaban J connectivity index is 1.30. The van der Waals surface area contributed by atoms with Crippen molar-refractivity contribution in [2.24, 2.45) is 4.99 Å². The molecule has 0 aliphatic heterocycles. The summed E-state index contributed by atoms with van der Waals surface area (Å²) >= 11 is 0. The van der Waals surface area contributed by atoms with Crippen LogP contribution >= 0.6 is 0 Å². The standard InChI is InChI=1S/C29H29F4N5O3/c1-4-26(36-17(2)18(3)39)37-27-34-15-21(16-35-27)19-8-9-20(24(30)13-19)12-23(40)7-5-6-22-14-25(41-38-22)28(10-11-28)29(31,32)33/h4,8-9,13-16H,5-7,10-12H2,1-3H3,(H,34,35,37)/b26-4+,36-17+. The van der Waals surface area contributed by atoms with E-state index in [1.54, 1.807) is 26.0 Å². The second-order valence-corrected chi connectivity index (χ2v) is 9.99. The number of halogens is 4. The summed E-state index contributed by atoms with van der Waals surface area (Å²) < 4.78 is 59.5. The van der Waals surface area contributed by atoms with E-state index in [1.165, 1.54) is 37.5 Å². The molecule has 0 bridgehead atoms. The van der Waals surface area contributed by atoms with Gasteiger partial charge in [-0.25, -0.2) is 19.4 Å². The van der Waals surface area contributed by atoms with Crippen molar-refractivity contribution in [1.82, 2.24) is 15.1 Å². The third-order valence-electron chi connectivity index (χ3n) is 6.95. The molecule has 0 spiro atoms. The number of benzene rings is 1. The molecule has 8 nitrogen and oxygen atoms in total. The van der Waals surface area contributed by atoms with Crippen LogP contribution < -0.4 is 5.32 Å². The minimum atomic E-state index is -4.38. The van der Waals surface area contributed by atoms with E-state index in [9.17, 15) is 27.2 Å². The molecule has 0 saturated heterocycles. The van der Waals surface area contributed by atoms with Gasteiger partial charge in [0.05, 0.1) is 11.4 Å². The molecule has 1 aromatic carbocycles. The normalized spacial score (nSPS) is 15.1. The fraction of sp³-hybridized carbons (Fsp3) is 0.379. The first-order valence-corrected chi connectivity index (χ1v) is 13.1. The van der Waals surface area contributed by atoms with Gasteiger partial charge in [0.15, 0.2) is 11.5 Å². The van der Waals surface area contributed by atoms with Crippen LogP contribution in [0, 0.1) is 5.82 Å². The van der Waals surface area contributed by atoms with Crippen molar-refractivity contribution in [1.29, 1.82) is 0 Å². The Morgan fingerprint density at radius 3 is 2.41 bits per heavy atom. The summed E-state index contributed by atoms with van der Waals surface area (Å²) in [5.74, 6) is -0.430. The summed E-state index contributed by atoms with van der Waals surface area (Å²) in [7, 11) is 0. The number of Topliss-reactive ketones (excluding diaryl/α,β-unsaturated/α-hetero) is 2. The van der Waals surface area contributed by atoms with Crippen LogP contribution in [0.25, 0.3) is 11.1 Å². The lowest BCUT2D eigenvalue weighted by molar-refractivity contribution is -0.165. The SMILES string of the molecule is C/C=C(\N=C(/C)C(C)=O)Nc1ncc(-c2ccc(CC(=O)CCCc3cc(C4(C(F)(F)F)CC4)on3)c(F)c2)cn1. The topological polar surface area (TPSA) is 110 Å². The van der Waals surface area contributed by atoms with Gasteiger partial charge in [-0.2, -0.15) is 13.2 Å². The molecule has 0 amide bonds. The Morgan fingerprint density at radius 1 is 1.12 bits per heavy atom. The van der Waals surface area contributed by atoms with Crippen LogP contribution in [0.1, 0.15) is 63.5 Å². The molecule has 216 valence electrons. The molecule has 4 rings (SSSR count). The Kier molecular flexibility index (Phi) is 8.79. The van der Waals surface area contributed by atoms with Crippen molar-refractivity contribution in [2.75, 3.05) is 5.32 Å². The number of hydrogen-bond acceptors (Lipinski definition) is 8. The molecule has 2 heterocycles. The number of anilines is 1. The lowest BCUT2D eigenvalue weighted by Crippen LogP contribution is -2.28. The molecular formula is C29H29F4N5O3. The number of aliphatic imine (C=N–C) groups is 1. The lowest BCUT2D eigenvalue weighted by atomic mass is 10.00. The Hall–Kier alpha value is -4.22. The molecule has 1 N–H and O–H groups in total. The van der Waals surface area contributed by atoms with E-state index in [4.69, 9.17) is 4.52 Å². The molecule has 1 aliphatic carbocycles. The van der Waals surface area contributed by atoms with Gasteiger partial charge in [-0.3, -0.25) is 9.59 Å². The maximum Gasteiger partial charge on any atom is 0.401 e. The van der Waals surface area contributed by atoms with Crippen LogP contribution in [0.5, 0.6) is 0 Å². The van der Waals surface area contributed by atoms with Crippen molar-refractivity contribution in [3.8, 4) is 11.1 Å². The number of nitrogens with zero attached hydrogens (tertiary/aromatic N) is 4. The predicted octanol–water partition coefficient (Wildman–Crippen LogP) is 6.32. The summed E-state index contributed by atoms with van der Waals surface area (Å²) in [6, 6.07) is 5.82. The first-order chi connectivity index (χ1) is 19.4. The van der Waals surface area contributed by atoms with Gasteiger partial charge >= 0.3 is 6.18 Å². The zero-order chi connectivity index (χ0) is 29.8. The van der Waals surface area contributed by atoms with E-state index in [1.807, 2.05) is 0 Å². The van der Waals surface area contributed by atoms with E-state index < -0.39 is 17.4 Å². The van der Waals surface area contributed by atoms with Crippen LogP contribution in [-0.4, -0.2) is 38.6 Å². The summed E-state index contributed by atoms with van der Waals surface area (Å²) in [6.45, 7) is 4.77. The summed E-state index contributed by atoms with van der Waals surface area (Å²) in [5.41, 5.74) is 0.0849. The van der Waals surface area contributed by atoms with Crippen LogP contribution in [0.3, 0.4) is 0 Å². The van der Waals surface area contributed by atoms with Crippen LogP contribution in [-0.2, 0) is 27.8 Å². The first kappa shape index (κ1) is 29.8. The number of allylic oxidation sites excluding steroid dienone is 1. The van der Waals surface area contributed by atoms with Gasteiger partial charge in [0.25, 0.3) is 0 Å². The number of rotatable bonds is 12. The number of aromatic nitrogens is 3. The van der Waals surface area contributed by atoms with Gasteiger partial charge in [-0.15, -0.1) is 0 Å². The van der Waals surface area contributed by atoms with Gasteiger partial charge < -0.3 is 9.84 Å². The second kappa shape index (κ2) is 12.1. The van der Waals surface area contributed by atoms with Crippen molar-refractivity contribution in [3.63, 3.8) is 0 Å². The summed E-state index contributed by atoms with van der Waals surface area (Å²) in [4.78, 5) is 36.5. The van der Waals surface area contributed by atoms with Crippen molar-refractivity contribution >= 4 is 23.2 Å². The molecular weight excluding hydrogens is 542 g/mol. The number of aryl methyl sites for hydroxylation is 1. The summed E-state index contributed by atoms with van der Waals surface area (Å²) in [6.07, 6.45) is 0.944. The van der Waals surface area contributed by atoms with E-state index in [0.717, 1.165) is 0 Å². The number of carbonyl (C=O) groups excluding carboxylic acids is 2. The number of carbonyl (C=O) groups is 2. The fourth-order valence-electron chi connectivity index (χ4n) is 4.17. The highest BCUT2D eigenvalue weighted by atomic mass is 19.4. The zero-order valence-corrected chi connectivity index (χ0v) is 22.8. The molecule has 3 aromatic rings. The first-order valence-electron chi connectivity index (χ1n) is 13.1. The van der Waals surface area contributed by atoms with Crippen LogP contribution in [0.4, 0.5) is 23.5 Å². The maximum absolute atomic E-state index is 14.8. The van der Waals surface area contributed by atoms with E-state index in [-0.39, 0.29) is 60.9 Å². The molecule has 1 fully saturated rings. The molecule has 1 saturated carbocycles. The van der Waals surface area contributed by atoms with E-state index in [2.05, 4.69) is 25.4 Å². The lowest BCUT2D eigenvalue weighted by Gasteiger charge is -2.15. The number of ketones is 2. The molecule has 0 unspecified atom stereocenters. The largest absolute Gasteiger partial charge is 0.401 e. The maximum atomic E-state index is 14.8. The number of alkyl halides is 3. The van der Waals surface area contributed by atoms with Crippen LogP contribution in [0.15, 0.2) is 58.1 Å². The molecule has 0 atom stereocenters. The Morgan fingerprint density at radius 2 is 1.83 bits per heavy atom. The number of nitrogens with one attached hydrogen (secondary N) is 1. The smallest absolute Gasteiger partial charge is 0.360 e. The van der Waals surface area contributed by atoms with Gasteiger partial charge in [0, 0.05) is 43.8 Å². The molecule has 0 radical (unpaired) electrons. The zero-order valence-electron chi connectivity index (χ0n) is 22.8. The highest BCUT2D eigenvalue weighted by Gasteiger charge is 2.66. The Bertz CT molecular complexity index is 1490. The third-order valence-corrected chi connectivity index (χ3v) is 6.95. The summed E-state index contributed by atoms with van der Waals surface area (Å²) in [5, 5.41) is 6.64. The Labute approximate surface area is 234 Å². The highest BCUT2D eigenvalue weighted by molar-refractivity contribution is 6.38.